The summed E-state index contributed by atoms with van der Waals surface area (Å²) in [5.74, 6) is 0.771. The smallest absolute Gasteiger partial charge is 0.196 e. The van der Waals surface area contributed by atoms with E-state index in [1.807, 2.05) is 16.0 Å². The van der Waals surface area contributed by atoms with Gasteiger partial charge in [-0.3, -0.25) is 9.20 Å². The van der Waals surface area contributed by atoms with Gasteiger partial charge in [-0.2, -0.15) is 0 Å². The van der Waals surface area contributed by atoms with Gasteiger partial charge in [-0.05, 0) is 12.8 Å². The third kappa shape index (κ3) is 2.44. The van der Waals surface area contributed by atoms with Gasteiger partial charge in [0.05, 0.1) is 19.3 Å². The molecule has 6 nitrogen and oxygen atoms in total. The van der Waals surface area contributed by atoms with Crippen molar-refractivity contribution in [1.29, 1.82) is 0 Å². The normalized spacial score (nSPS) is 16.9. The largest absolute Gasteiger partial charge is 0.394 e. The number of piperidine rings is 1. The van der Waals surface area contributed by atoms with Crippen LogP contribution < -0.4 is 4.90 Å². The Morgan fingerprint density at radius 2 is 2.30 bits per heavy atom. The molecule has 0 radical (unpaired) electrons. The first-order valence-corrected chi connectivity index (χ1v) is 7.59. The second-order valence-electron chi connectivity index (χ2n) is 4.77. The molecular weight excluding hydrogens is 278 g/mol. The van der Waals surface area contributed by atoms with Crippen molar-refractivity contribution in [3.63, 3.8) is 0 Å². The third-order valence-corrected chi connectivity index (χ3v) is 4.33. The van der Waals surface area contributed by atoms with Crippen molar-refractivity contribution in [2.45, 2.75) is 18.9 Å². The van der Waals surface area contributed by atoms with Crippen LogP contribution in [0.5, 0.6) is 0 Å². The molecule has 1 N–H and O–H groups in total. The molecule has 108 valence electrons. The first-order chi connectivity index (χ1) is 9.83. The number of anilines is 1. The quantitative estimate of drug-likeness (QED) is 0.839. The van der Waals surface area contributed by atoms with Gasteiger partial charge in [0, 0.05) is 24.7 Å². The number of aromatic nitrogens is 2. The lowest BCUT2D eigenvalue weighted by atomic mass is 10.1. The molecule has 20 heavy (non-hydrogen) atoms. The fraction of sp³-hybridized carbons (Fsp3) is 0.538. The Labute approximate surface area is 120 Å². The van der Waals surface area contributed by atoms with Gasteiger partial charge in [0.25, 0.3) is 0 Å². The number of ether oxygens (including phenoxy) is 1. The minimum absolute atomic E-state index is 0.0623. The number of carbonyl (C=O) groups excluding carboxylic acids is 1. The first-order valence-electron chi connectivity index (χ1n) is 6.71. The van der Waals surface area contributed by atoms with Crippen molar-refractivity contribution in [1.82, 2.24) is 9.38 Å². The summed E-state index contributed by atoms with van der Waals surface area (Å²) in [4.78, 5) is 18.9. The number of fused-ring (bicyclic) bond motifs is 1. The van der Waals surface area contributed by atoms with Crippen LogP contribution >= 0.6 is 11.3 Å². The van der Waals surface area contributed by atoms with E-state index in [2.05, 4.69) is 9.88 Å². The Kier molecular flexibility index (Phi) is 4.00. The Balaban J connectivity index is 1.73. The highest BCUT2D eigenvalue weighted by Crippen LogP contribution is 2.26. The predicted molar refractivity (Wildman–Crippen MR) is 76.7 cm³/mol. The van der Waals surface area contributed by atoms with Crippen LogP contribution in [0.4, 0.5) is 5.82 Å². The van der Waals surface area contributed by atoms with Crippen LogP contribution in [0.2, 0.25) is 0 Å². The Bertz CT molecular complexity index is 587. The van der Waals surface area contributed by atoms with E-state index in [4.69, 9.17) is 9.84 Å². The lowest BCUT2D eigenvalue weighted by molar-refractivity contribution is 0.0158. The topological polar surface area (TPSA) is 67.1 Å². The van der Waals surface area contributed by atoms with Crippen molar-refractivity contribution in [3.05, 3.63) is 17.3 Å². The van der Waals surface area contributed by atoms with Gasteiger partial charge in [0.1, 0.15) is 5.69 Å². The van der Waals surface area contributed by atoms with Crippen LogP contribution in [0.15, 0.2) is 11.6 Å². The zero-order valence-electron chi connectivity index (χ0n) is 11.1. The molecule has 0 aromatic carbocycles. The van der Waals surface area contributed by atoms with Crippen molar-refractivity contribution in [2.24, 2.45) is 0 Å². The molecule has 1 saturated heterocycles. The minimum Gasteiger partial charge on any atom is -0.394 e. The average molecular weight is 295 g/mol. The number of rotatable bonds is 5. The molecule has 0 bridgehead atoms. The van der Waals surface area contributed by atoms with E-state index in [1.54, 1.807) is 0 Å². The molecule has 0 saturated carbocycles. The minimum atomic E-state index is 0.0623. The number of aliphatic hydroxyl groups excluding tert-OH is 1. The lowest BCUT2D eigenvalue weighted by Gasteiger charge is -2.32. The monoisotopic (exact) mass is 295 g/mol. The molecule has 3 rings (SSSR count). The van der Waals surface area contributed by atoms with Crippen LogP contribution in [-0.2, 0) is 4.74 Å². The molecule has 0 unspecified atom stereocenters. The van der Waals surface area contributed by atoms with Gasteiger partial charge in [0.15, 0.2) is 17.1 Å². The van der Waals surface area contributed by atoms with Gasteiger partial charge in [-0.1, -0.05) is 0 Å². The van der Waals surface area contributed by atoms with Crippen LogP contribution in [0.3, 0.4) is 0 Å². The summed E-state index contributed by atoms with van der Waals surface area (Å²) in [5.41, 5.74) is 0.621. The Morgan fingerprint density at radius 3 is 3.00 bits per heavy atom. The summed E-state index contributed by atoms with van der Waals surface area (Å²) in [7, 11) is 0. The van der Waals surface area contributed by atoms with E-state index in [0.717, 1.165) is 43.0 Å². The summed E-state index contributed by atoms with van der Waals surface area (Å²) in [6.07, 6.45) is 4.72. The summed E-state index contributed by atoms with van der Waals surface area (Å²) >= 11 is 1.53. The zero-order valence-corrected chi connectivity index (χ0v) is 11.9. The average Bonchev–Trinajstić information content (AvgIpc) is 3.05. The molecular formula is C13H17N3O3S. The van der Waals surface area contributed by atoms with Gasteiger partial charge >= 0.3 is 0 Å². The molecule has 0 amide bonds. The molecule has 0 atom stereocenters. The van der Waals surface area contributed by atoms with Crippen LogP contribution in [-0.4, -0.2) is 53.2 Å². The summed E-state index contributed by atoms with van der Waals surface area (Å²) in [5, 5.41) is 10.7. The SMILES string of the molecule is O=Cc1c(N2CCC(OCCO)CC2)nc2sccn12. The number of imidazole rings is 1. The summed E-state index contributed by atoms with van der Waals surface area (Å²) in [6, 6.07) is 0. The van der Waals surface area contributed by atoms with E-state index < -0.39 is 0 Å². The highest BCUT2D eigenvalue weighted by atomic mass is 32.1. The van der Waals surface area contributed by atoms with Crippen molar-refractivity contribution in [3.8, 4) is 0 Å². The maximum atomic E-state index is 11.3. The molecule has 0 aliphatic carbocycles. The van der Waals surface area contributed by atoms with Crippen molar-refractivity contribution >= 4 is 28.4 Å². The molecule has 7 heteroatoms. The number of hydrogen-bond acceptors (Lipinski definition) is 6. The van der Waals surface area contributed by atoms with Gasteiger partial charge in [0.2, 0.25) is 0 Å². The molecule has 1 fully saturated rings. The molecule has 1 aliphatic rings. The standard InChI is InChI=1S/C13H17N3O3S/c17-6-7-19-10-1-3-15(4-2-10)12-11(9-18)16-5-8-20-13(16)14-12/h5,8-10,17H,1-4,6-7H2. The van der Waals surface area contributed by atoms with E-state index >= 15 is 0 Å². The molecule has 3 heterocycles. The molecule has 1 aliphatic heterocycles. The van der Waals surface area contributed by atoms with Crippen LogP contribution in [0.25, 0.3) is 4.96 Å². The lowest BCUT2D eigenvalue weighted by Crippen LogP contribution is -2.38. The zero-order chi connectivity index (χ0) is 13.9. The molecule has 0 spiro atoms. The second kappa shape index (κ2) is 5.90. The summed E-state index contributed by atoms with van der Waals surface area (Å²) < 4.78 is 7.38. The Morgan fingerprint density at radius 1 is 1.50 bits per heavy atom. The summed E-state index contributed by atoms with van der Waals surface area (Å²) in [6.45, 7) is 2.10. The third-order valence-electron chi connectivity index (χ3n) is 3.58. The highest BCUT2D eigenvalue weighted by Gasteiger charge is 2.24. The van der Waals surface area contributed by atoms with E-state index in [0.29, 0.717) is 12.3 Å². The maximum absolute atomic E-state index is 11.3. The number of thiazole rings is 1. The predicted octanol–water partition coefficient (Wildman–Crippen LogP) is 1.19. The number of nitrogens with zero attached hydrogens (tertiary/aromatic N) is 3. The fourth-order valence-electron chi connectivity index (χ4n) is 2.59. The number of carbonyl (C=O) groups is 1. The second-order valence-corrected chi connectivity index (χ2v) is 5.65. The van der Waals surface area contributed by atoms with E-state index in [-0.39, 0.29) is 12.7 Å². The van der Waals surface area contributed by atoms with E-state index in [1.165, 1.54) is 11.3 Å². The number of aliphatic hydroxyl groups is 1. The number of hydrogen-bond donors (Lipinski definition) is 1. The highest BCUT2D eigenvalue weighted by molar-refractivity contribution is 7.15. The molecule has 2 aromatic rings. The van der Waals surface area contributed by atoms with Gasteiger partial charge < -0.3 is 14.7 Å². The first kappa shape index (κ1) is 13.5. The Hall–Kier alpha value is -1.44. The fourth-order valence-corrected chi connectivity index (χ4v) is 3.30. The van der Waals surface area contributed by atoms with Crippen LogP contribution in [0.1, 0.15) is 23.3 Å². The van der Waals surface area contributed by atoms with Gasteiger partial charge in [-0.15, -0.1) is 11.3 Å². The van der Waals surface area contributed by atoms with E-state index in [9.17, 15) is 4.79 Å². The van der Waals surface area contributed by atoms with Crippen molar-refractivity contribution in [2.75, 3.05) is 31.2 Å². The number of aldehydes is 1. The van der Waals surface area contributed by atoms with Gasteiger partial charge in [-0.25, -0.2) is 4.98 Å². The van der Waals surface area contributed by atoms with Crippen molar-refractivity contribution < 1.29 is 14.6 Å². The molecule has 2 aromatic heterocycles. The van der Waals surface area contributed by atoms with Crippen LogP contribution in [0, 0.1) is 0 Å². The maximum Gasteiger partial charge on any atom is 0.196 e.